The van der Waals surface area contributed by atoms with Crippen LogP contribution in [0.4, 0.5) is 0 Å². The van der Waals surface area contributed by atoms with Crippen molar-refractivity contribution in [3.8, 4) is 0 Å². The van der Waals surface area contributed by atoms with Crippen molar-refractivity contribution in [2.45, 2.75) is 26.2 Å². The maximum atomic E-state index is 12.4. The number of pyridine rings is 1. The first-order valence-corrected chi connectivity index (χ1v) is 9.27. The van der Waals surface area contributed by atoms with Gasteiger partial charge in [0.1, 0.15) is 11.4 Å². The Kier molecular flexibility index (Phi) is 6.20. The van der Waals surface area contributed by atoms with E-state index < -0.39 is 0 Å². The molecule has 1 aromatic carbocycles. The molecule has 0 bridgehead atoms. The SMILES string of the molecule is CCCCNC(=O)c1cccc(C(=O)NCCc2c[nH]c3ccccc23)n1. The number of amides is 2. The van der Waals surface area contributed by atoms with Gasteiger partial charge in [0.25, 0.3) is 11.8 Å². The van der Waals surface area contributed by atoms with Gasteiger partial charge in [-0.05, 0) is 36.6 Å². The number of fused-ring (bicyclic) bond motifs is 1. The summed E-state index contributed by atoms with van der Waals surface area (Å²) in [6.07, 6.45) is 4.61. The fraction of sp³-hybridized carbons (Fsp3) is 0.286. The molecular weight excluding hydrogens is 340 g/mol. The molecule has 0 spiro atoms. The number of carbonyl (C=O) groups excluding carboxylic acids is 2. The maximum Gasteiger partial charge on any atom is 0.269 e. The van der Waals surface area contributed by atoms with Crippen LogP contribution >= 0.6 is 0 Å². The van der Waals surface area contributed by atoms with Crippen LogP contribution in [0.1, 0.15) is 46.3 Å². The van der Waals surface area contributed by atoms with E-state index in [0.717, 1.165) is 29.3 Å². The first-order valence-electron chi connectivity index (χ1n) is 9.27. The molecule has 2 aromatic heterocycles. The third kappa shape index (κ3) is 4.73. The number of hydrogen-bond acceptors (Lipinski definition) is 3. The van der Waals surface area contributed by atoms with E-state index in [4.69, 9.17) is 0 Å². The summed E-state index contributed by atoms with van der Waals surface area (Å²) in [5.74, 6) is -0.532. The molecule has 0 unspecified atom stereocenters. The van der Waals surface area contributed by atoms with Crippen LogP contribution in [0.25, 0.3) is 10.9 Å². The summed E-state index contributed by atoms with van der Waals surface area (Å²) in [6.45, 7) is 3.17. The van der Waals surface area contributed by atoms with Crippen molar-refractivity contribution in [2.75, 3.05) is 13.1 Å². The van der Waals surface area contributed by atoms with Crippen molar-refractivity contribution in [3.63, 3.8) is 0 Å². The summed E-state index contributed by atoms with van der Waals surface area (Å²) < 4.78 is 0. The quantitative estimate of drug-likeness (QED) is 0.537. The molecule has 27 heavy (non-hydrogen) atoms. The molecule has 3 N–H and O–H groups in total. The van der Waals surface area contributed by atoms with Crippen molar-refractivity contribution in [3.05, 3.63) is 65.6 Å². The number of hydrogen-bond donors (Lipinski definition) is 3. The highest BCUT2D eigenvalue weighted by Gasteiger charge is 2.12. The minimum Gasteiger partial charge on any atom is -0.361 e. The second-order valence-corrected chi connectivity index (χ2v) is 6.38. The third-order valence-electron chi connectivity index (χ3n) is 4.39. The molecule has 6 heteroatoms. The zero-order valence-electron chi connectivity index (χ0n) is 15.4. The summed E-state index contributed by atoms with van der Waals surface area (Å²) in [5, 5.41) is 6.84. The Balaban J connectivity index is 1.56. The van der Waals surface area contributed by atoms with Crippen LogP contribution in [0.5, 0.6) is 0 Å². The number of rotatable bonds is 8. The lowest BCUT2D eigenvalue weighted by Crippen LogP contribution is -2.29. The Labute approximate surface area is 158 Å². The van der Waals surface area contributed by atoms with Gasteiger partial charge in [0.2, 0.25) is 0 Å². The Bertz CT molecular complexity index is 933. The monoisotopic (exact) mass is 364 g/mol. The zero-order valence-corrected chi connectivity index (χ0v) is 15.4. The highest BCUT2D eigenvalue weighted by Crippen LogP contribution is 2.17. The standard InChI is InChI=1S/C21H24N4O2/c1-2-3-12-22-20(26)18-9-6-10-19(25-18)21(27)23-13-11-15-14-24-17-8-5-4-7-16(15)17/h4-10,14,24H,2-3,11-13H2,1H3,(H,22,26)(H,23,27). The van der Waals surface area contributed by atoms with Crippen molar-refractivity contribution in [1.82, 2.24) is 20.6 Å². The second-order valence-electron chi connectivity index (χ2n) is 6.38. The van der Waals surface area contributed by atoms with Crippen LogP contribution < -0.4 is 10.6 Å². The molecule has 0 saturated heterocycles. The molecule has 0 saturated carbocycles. The minimum atomic E-state index is -0.280. The van der Waals surface area contributed by atoms with E-state index in [2.05, 4.69) is 33.6 Å². The summed E-state index contributed by atoms with van der Waals surface area (Å²) in [6, 6.07) is 13.0. The predicted molar refractivity (Wildman–Crippen MR) is 106 cm³/mol. The summed E-state index contributed by atoms with van der Waals surface area (Å²) in [7, 11) is 0. The molecule has 6 nitrogen and oxygen atoms in total. The van der Waals surface area contributed by atoms with Gasteiger partial charge in [-0.3, -0.25) is 9.59 Å². The number of nitrogens with zero attached hydrogens (tertiary/aromatic N) is 1. The molecule has 140 valence electrons. The maximum absolute atomic E-state index is 12.4. The number of aromatic nitrogens is 2. The smallest absolute Gasteiger partial charge is 0.269 e. The topological polar surface area (TPSA) is 86.9 Å². The van der Waals surface area contributed by atoms with Crippen LogP contribution in [-0.4, -0.2) is 34.9 Å². The molecule has 0 aliphatic heterocycles. The molecule has 3 aromatic rings. The fourth-order valence-corrected chi connectivity index (χ4v) is 2.90. The lowest BCUT2D eigenvalue weighted by Gasteiger charge is -2.07. The number of para-hydroxylation sites is 1. The Morgan fingerprint density at radius 3 is 2.41 bits per heavy atom. The van der Waals surface area contributed by atoms with Gasteiger partial charge in [-0.15, -0.1) is 0 Å². The van der Waals surface area contributed by atoms with Crippen LogP contribution in [0.3, 0.4) is 0 Å². The van der Waals surface area contributed by atoms with E-state index in [1.54, 1.807) is 18.2 Å². The Morgan fingerprint density at radius 1 is 0.963 bits per heavy atom. The molecule has 2 amide bonds. The van der Waals surface area contributed by atoms with Crippen molar-refractivity contribution in [1.29, 1.82) is 0 Å². The highest BCUT2D eigenvalue weighted by atomic mass is 16.2. The normalized spacial score (nSPS) is 10.7. The largest absolute Gasteiger partial charge is 0.361 e. The van der Waals surface area contributed by atoms with Crippen LogP contribution in [0.2, 0.25) is 0 Å². The van der Waals surface area contributed by atoms with Gasteiger partial charge in [0.05, 0.1) is 0 Å². The van der Waals surface area contributed by atoms with E-state index in [1.165, 1.54) is 0 Å². The van der Waals surface area contributed by atoms with Crippen LogP contribution in [-0.2, 0) is 6.42 Å². The molecular formula is C21H24N4O2. The first-order chi connectivity index (χ1) is 13.2. The number of unbranched alkanes of at least 4 members (excludes halogenated alkanes) is 1. The predicted octanol–water partition coefficient (Wildman–Crippen LogP) is 3.07. The van der Waals surface area contributed by atoms with E-state index in [-0.39, 0.29) is 23.2 Å². The average molecular weight is 364 g/mol. The van der Waals surface area contributed by atoms with Gasteiger partial charge in [-0.2, -0.15) is 0 Å². The lowest BCUT2D eigenvalue weighted by molar-refractivity contribution is 0.0944. The van der Waals surface area contributed by atoms with Gasteiger partial charge >= 0.3 is 0 Å². The summed E-state index contributed by atoms with van der Waals surface area (Å²) >= 11 is 0. The average Bonchev–Trinajstić information content (AvgIpc) is 3.11. The van der Waals surface area contributed by atoms with Gasteiger partial charge < -0.3 is 15.6 Å². The number of aromatic amines is 1. The van der Waals surface area contributed by atoms with E-state index in [1.807, 2.05) is 24.4 Å². The number of H-pyrrole nitrogens is 1. The number of benzene rings is 1. The molecule has 0 aliphatic carbocycles. The van der Waals surface area contributed by atoms with Crippen LogP contribution in [0, 0.1) is 0 Å². The number of carbonyl (C=O) groups is 2. The Morgan fingerprint density at radius 2 is 1.67 bits per heavy atom. The fourth-order valence-electron chi connectivity index (χ4n) is 2.90. The first kappa shape index (κ1) is 18.6. The number of nitrogens with one attached hydrogen (secondary N) is 3. The van der Waals surface area contributed by atoms with Gasteiger partial charge in [0.15, 0.2) is 0 Å². The van der Waals surface area contributed by atoms with Crippen molar-refractivity contribution < 1.29 is 9.59 Å². The molecule has 0 aliphatic rings. The zero-order chi connectivity index (χ0) is 19.1. The molecule has 3 rings (SSSR count). The van der Waals surface area contributed by atoms with Crippen LogP contribution in [0.15, 0.2) is 48.7 Å². The Hall–Kier alpha value is -3.15. The minimum absolute atomic E-state index is 0.247. The van der Waals surface area contributed by atoms with Gasteiger partial charge in [-0.1, -0.05) is 37.6 Å². The van der Waals surface area contributed by atoms with Gasteiger partial charge in [-0.25, -0.2) is 4.98 Å². The van der Waals surface area contributed by atoms with Crippen molar-refractivity contribution >= 4 is 22.7 Å². The third-order valence-corrected chi connectivity index (χ3v) is 4.39. The summed E-state index contributed by atoms with van der Waals surface area (Å²) in [4.78, 5) is 31.9. The van der Waals surface area contributed by atoms with Gasteiger partial charge in [0, 0.05) is 30.2 Å². The molecule has 0 radical (unpaired) electrons. The molecule has 2 heterocycles. The lowest BCUT2D eigenvalue weighted by atomic mass is 10.1. The van der Waals surface area contributed by atoms with E-state index in [9.17, 15) is 9.59 Å². The molecule has 0 atom stereocenters. The summed E-state index contributed by atoms with van der Waals surface area (Å²) in [5.41, 5.74) is 2.75. The van der Waals surface area contributed by atoms with Crippen molar-refractivity contribution in [2.24, 2.45) is 0 Å². The highest BCUT2D eigenvalue weighted by molar-refractivity contribution is 5.96. The van der Waals surface area contributed by atoms with E-state index in [0.29, 0.717) is 19.5 Å². The molecule has 0 fully saturated rings. The second kappa shape index (κ2) is 8.98. The van der Waals surface area contributed by atoms with E-state index >= 15 is 0 Å².